The van der Waals surface area contributed by atoms with Gasteiger partial charge in [-0.15, -0.1) is 0 Å². The van der Waals surface area contributed by atoms with Gasteiger partial charge in [-0.2, -0.15) is 0 Å². The Balaban J connectivity index is 1.76. The van der Waals surface area contributed by atoms with E-state index in [9.17, 15) is 0 Å². The van der Waals surface area contributed by atoms with Crippen molar-refractivity contribution < 1.29 is 18.6 Å². The van der Waals surface area contributed by atoms with Crippen molar-refractivity contribution in [3.63, 3.8) is 0 Å². The van der Waals surface area contributed by atoms with Crippen LogP contribution in [0.3, 0.4) is 0 Å². The Bertz CT molecular complexity index is 844. The van der Waals surface area contributed by atoms with Crippen LogP contribution >= 0.6 is 0 Å². The summed E-state index contributed by atoms with van der Waals surface area (Å²) < 4.78 is 25.8. The fourth-order valence-corrected chi connectivity index (χ4v) is 10.8. The molecule has 0 fully saturated rings. The summed E-state index contributed by atoms with van der Waals surface area (Å²) in [4.78, 5) is 0. The highest BCUT2D eigenvalue weighted by molar-refractivity contribution is 6.77. The number of hydrogen-bond donors (Lipinski definition) is 0. The third-order valence-electron chi connectivity index (χ3n) is 6.99. The first-order chi connectivity index (χ1) is 16.3. The molecule has 0 bridgehead atoms. The van der Waals surface area contributed by atoms with Gasteiger partial charge in [0.15, 0.2) is 0 Å². The smallest absolute Gasteiger partial charge is 0.200 e. The van der Waals surface area contributed by atoms with Crippen LogP contribution < -0.4 is 0 Å². The second-order valence-electron chi connectivity index (χ2n) is 10.2. The Kier molecular flexibility index (Phi) is 9.95. The van der Waals surface area contributed by atoms with E-state index >= 15 is 0 Å². The molecule has 4 nitrogen and oxygen atoms in total. The molecule has 2 aromatic rings. The average Bonchev–Trinajstić information content (AvgIpc) is 2.83. The molecule has 5 heteroatoms. The fraction of sp³-hybridized carbons (Fsp3) is 0.517. The lowest BCUT2D eigenvalue weighted by atomic mass is 10.1. The molecule has 0 saturated carbocycles. The Labute approximate surface area is 207 Å². The van der Waals surface area contributed by atoms with Crippen molar-refractivity contribution in [1.82, 2.24) is 0 Å². The van der Waals surface area contributed by atoms with E-state index in [1.54, 1.807) is 6.26 Å². The molecule has 0 radical (unpaired) electrons. The van der Waals surface area contributed by atoms with Crippen LogP contribution in [-0.2, 0) is 31.9 Å². The van der Waals surface area contributed by atoms with Crippen molar-refractivity contribution in [3.8, 4) is 0 Å². The van der Waals surface area contributed by atoms with Crippen LogP contribution in [0.15, 0.2) is 73.0 Å². The first-order valence-corrected chi connectivity index (χ1v) is 14.8. The largest absolute Gasteiger partial charge is 0.493 e. The molecular weight excluding hydrogens is 440 g/mol. The lowest BCUT2D eigenvalue weighted by molar-refractivity contribution is -0.139. The molecule has 0 amide bonds. The van der Waals surface area contributed by atoms with Gasteiger partial charge in [-0.1, -0.05) is 102 Å². The first-order valence-electron chi connectivity index (χ1n) is 12.6. The first kappa shape index (κ1) is 26.7. The van der Waals surface area contributed by atoms with Crippen LogP contribution in [0.25, 0.3) is 0 Å². The molecule has 1 aliphatic heterocycles. The van der Waals surface area contributed by atoms with E-state index < -0.39 is 8.32 Å². The van der Waals surface area contributed by atoms with Crippen LogP contribution in [0, 0.1) is 0 Å². The molecule has 0 saturated heterocycles. The van der Waals surface area contributed by atoms with Crippen molar-refractivity contribution >= 4 is 8.32 Å². The topological polar surface area (TPSA) is 36.9 Å². The maximum absolute atomic E-state index is 6.89. The molecule has 1 aliphatic rings. The SMILES string of the molecule is CC(C)[Si](OC[C@H]1OC=C[C@@H](OCc2ccccc2)[C@@H]1OCc1ccccc1)(C(C)C)C(C)C. The zero-order valence-corrected chi connectivity index (χ0v) is 22.6. The van der Waals surface area contributed by atoms with Crippen molar-refractivity contribution in [3.05, 3.63) is 84.1 Å². The van der Waals surface area contributed by atoms with Crippen molar-refractivity contribution in [2.24, 2.45) is 0 Å². The second-order valence-corrected chi connectivity index (χ2v) is 15.6. The van der Waals surface area contributed by atoms with E-state index in [0.717, 1.165) is 11.1 Å². The second kappa shape index (κ2) is 12.7. The van der Waals surface area contributed by atoms with Crippen molar-refractivity contribution in [2.45, 2.75) is 89.7 Å². The molecule has 0 N–H and O–H groups in total. The Morgan fingerprint density at radius 1 is 0.735 bits per heavy atom. The Morgan fingerprint density at radius 3 is 1.74 bits per heavy atom. The van der Waals surface area contributed by atoms with E-state index in [0.29, 0.717) is 36.4 Å². The third-order valence-corrected chi connectivity index (χ3v) is 13.1. The minimum atomic E-state index is -2.02. The van der Waals surface area contributed by atoms with Crippen LogP contribution in [0.2, 0.25) is 16.6 Å². The minimum absolute atomic E-state index is 0.209. The summed E-state index contributed by atoms with van der Waals surface area (Å²) in [5.41, 5.74) is 3.82. The molecule has 3 rings (SSSR count). The molecule has 3 atom stereocenters. The Hall–Kier alpha value is -1.92. The molecule has 0 aliphatic carbocycles. The van der Waals surface area contributed by atoms with Gasteiger partial charge in [0.05, 0.1) is 26.1 Å². The van der Waals surface area contributed by atoms with Gasteiger partial charge in [-0.05, 0) is 33.8 Å². The van der Waals surface area contributed by atoms with Crippen molar-refractivity contribution in [1.29, 1.82) is 0 Å². The predicted molar refractivity (Wildman–Crippen MR) is 141 cm³/mol. The van der Waals surface area contributed by atoms with Gasteiger partial charge in [-0.3, -0.25) is 0 Å². The van der Waals surface area contributed by atoms with Gasteiger partial charge in [0.1, 0.15) is 18.3 Å². The third kappa shape index (κ3) is 6.60. The summed E-state index contributed by atoms with van der Waals surface area (Å²) in [6, 6.07) is 20.5. The van der Waals surface area contributed by atoms with E-state index in [2.05, 4.69) is 65.8 Å². The maximum Gasteiger partial charge on any atom is 0.200 e. The predicted octanol–water partition coefficient (Wildman–Crippen LogP) is 7.26. The number of rotatable bonds is 12. The summed E-state index contributed by atoms with van der Waals surface area (Å²) in [6.45, 7) is 15.4. The summed E-state index contributed by atoms with van der Waals surface area (Å²) in [7, 11) is -2.02. The molecule has 1 heterocycles. The van der Waals surface area contributed by atoms with Gasteiger partial charge >= 0.3 is 0 Å². The van der Waals surface area contributed by atoms with Crippen LogP contribution in [0.5, 0.6) is 0 Å². The molecule has 0 spiro atoms. The summed E-state index contributed by atoms with van der Waals surface area (Å²) in [5.74, 6) is 0. The highest BCUT2D eigenvalue weighted by Crippen LogP contribution is 2.42. The van der Waals surface area contributed by atoms with Gasteiger partial charge in [0, 0.05) is 0 Å². The molecule has 186 valence electrons. The maximum atomic E-state index is 6.89. The van der Waals surface area contributed by atoms with E-state index in [1.807, 2.05) is 42.5 Å². The van der Waals surface area contributed by atoms with Gasteiger partial charge in [-0.25, -0.2) is 0 Å². The lowest BCUT2D eigenvalue weighted by Gasteiger charge is -2.44. The fourth-order valence-electron chi connectivity index (χ4n) is 5.37. The molecule has 0 unspecified atom stereocenters. The average molecular weight is 483 g/mol. The number of ether oxygens (including phenoxy) is 3. The summed E-state index contributed by atoms with van der Waals surface area (Å²) in [6.07, 6.45) is 3.03. The molecule has 0 aromatic heterocycles. The van der Waals surface area contributed by atoms with Gasteiger partial charge in [0.25, 0.3) is 0 Å². The van der Waals surface area contributed by atoms with Crippen LogP contribution in [0.4, 0.5) is 0 Å². The van der Waals surface area contributed by atoms with E-state index in [4.69, 9.17) is 18.6 Å². The standard InChI is InChI=1S/C29H42O4Si/c1-22(2)34(23(3)4,24(5)6)33-21-28-29(32-20-26-15-11-8-12-16-26)27(17-18-30-28)31-19-25-13-9-7-10-14-25/h7-18,22-24,27-29H,19-21H2,1-6H3/t27-,28-,29+/m1/s1. The number of hydrogen-bond acceptors (Lipinski definition) is 4. The minimum Gasteiger partial charge on any atom is -0.493 e. The van der Waals surface area contributed by atoms with E-state index in [1.165, 1.54) is 0 Å². The van der Waals surface area contributed by atoms with Gasteiger partial charge in [0.2, 0.25) is 8.32 Å². The normalized spacial score (nSPS) is 20.8. The molecule has 2 aromatic carbocycles. The highest BCUT2D eigenvalue weighted by Gasteiger charge is 2.46. The van der Waals surface area contributed by atoms with E-state index in [-0.39, 0.29) is 18.3 Å². The van der Waals surface area contributed by atoms with Gasteiger partial charge < -0.3 is 18.6 Å². The summed E-state index contributed by atoms with van der Waals surface area (Å²) >= 11 is 0. The van der Waals surface area contributed by atoms with Crippen molar-refractivity contribution in [2.75, 3.05) is 6.61 Å². The zero-order valence-electron chi connectivity index (χ0n) is 21.6. The highest BCUT2D eigenvalue weighted by atomic mass is 28.4. The van der Waals surface area contributed by atoms with Crippen LogP contribution in [-0.4, -0.2) is 33.2 Å². The number of benzene rings is 2. The Morgan fingerprint density at radius 2 is 1.24 bits per heavy atom. The van der Waals surface area contributed by atoms with Crippen LogP contribution in [0.1, 0.15) is 52.7 Å². The summed E-state index contributed by atoms with van der Waals surface area (Å²) in [5, 5.41) is 0. The molecule has 34 heavy (non-hydrogen) atoms. The quantitative estimate of drug-likeness (QED) is 0.298. The zero-order chi connectivity index (χ0) is 24.6. The lowest BCUT2D eigenvalue weighted by Crippen LogP contribution is -2.52. The molecular formula is C29H42O4Si. The monoisotopic (exact) mass is 482 g/mol.